The van der Waals surface area contributed by atoms with Gasteiger partial charge in [0.2, 0.25) is 0 Å². The third-order valence-corrected chi connectivity index (χ3v) is 2.92. The molecule has 0 bridgehead atoms. The number of hydrogen-bond acceptors (Lipinski definition) is 2. The fourth-order valence-electron chi connectivity index (χ4n) is 1.59. The topological polar surface area (TPSA) is 36.4 Å². The predicted octanol–water partition coefficient (Wildman–Crippen LogP) is 1.81. The second-order valence-electron chi connectivity index (χ2n) is 4.20. The molecule has 2 saturated carbocycles. The molecule has 0 atom stereocenters. The van der Waals surface area contributed by atoms with E-state index in [0.29, 0.717) is 11.7 Å². The first-order valence-corrected chi connectivity index (χ1v) is 5.94. The number of nitrogens with zero attached hydrogens (tertiary/aromatic N) is 1. The Bertz CT molecular complexity index is 276. The van der Waals surface area contributed by atoms with E-state index in [1.807, 2.05) is 0 Å². The van der Waals surface area contributed by atoms with Crippen LogP contribution in [0.1, 0.15) is 25.7 Å². The number of hydrazone groups is 1. The van der Waals surface area contributed by atoms with Crippen molar-refractivity contribution in [3.05, 3.63) is 12.7 Å². The van der Waals surface area contributed by atoms with Gasteiger partial charge in [-0.1, -0.05) is 6.08 Å². The molecule has 0 saturated heterocycles. The van der Waals surface area contributed by atoms with Gasteiger partial charge in [-0.2, -0.15) is 5.10 Å². The van der Waals surface area contributed by atoms with Crippen LogP contribution >= 0.6 is 12.2 Å². The molecule has 2 N–H and O–H groups in total. The third-order valence-electron chi connectivity index (χ3n) is 2.68. The molecule has 0 aromatic rings. The molecular formula is C11H17N3S. The van der Waals surface area contributed by atoms with Crippen molar-refractivity contribution < 1.29 is 0 Å². The summed E-state index contributed by atoms with van der Waals surface area (Å²) in [7, 11) is 0. The molecule has 0 heterocycles. The highest BCUT2D eigenvalue weighted by atomic mass is 32.1. The van der Waals surface area contributed by atoms with Gasteiger partial charge in [-0.05, 0) is 49.7 Å². The van der Waals surface area contributed by atoms with Crippen LogP contribution in [0.5, 0.6) is 0 Å². The molecule has 4 heteroatoms. The smallest absolute Gasteiger partial charge is 0.187 e. The summed E-state index contributed by atoms with van der Waals surface area (Å²) < 4.78 is 0. The molecule has 2 rings (SSSR count). The summed E-state index contributed by atoms with van der Waals surface area (Å²) in [6.07, 6.45) is 7.02. The van der Waals surface area contributed by atoms with Gasteiger partial charge in [-0.3, -0.25) is 5.43 Å². The lowest BCUT2D eigenvalue weighted by Gasteiger charge is -2.07. The molecule has 3 nitrogen and oxygen atoms in total. The monoisotopic (exact) mass is 223 g/mol. The van der Waals surface area contributed by atoms with E-state index in [9.17, 15) is 0 Å². The van der Waals surface area contributed by atoms with Gasteiger partial charge in [0.15, 0.2) is 5.11 Å². The Labute approximate surface area is 96.0 Å². The van der Waals surface area contributed by atoms with E-state index >= 15 is 0 Å². The molecule has 15 heavy (non-hydrogen) atoms. The minimum atomic E-state index is 0.591. The summed E-state index contributed by atoms with van der Waals surface area (Å²) in [4.78, 5) is 0. The Morgan fingerprint density at radius 2 is 1.93 bits per heavy atom. The summed E-state index contributed by atoms with van der Waals surface area (Å²) in [5, 5.41) is 8.02. The Morgan fingerprint density at radius 3 is 2.40 bits per heavy atom. The molecule has 0 aromatic heterocycles. The lowest BCUT2D eigenvalue weighted by Crippen LogP contribution is -2.33. The van der Waals surface area contributed by atoms with E-state index in [4.69, 9.17) is 12.2 Å². The standard InChI is InChI=1S/C11H17N3S/c1-2-7-12-11(15)14-13-10(8-3-4-8)9-5-6-9/h2,8-9H,1,3-7H2,(H2,12,14,15). The maximum absolute atomic E-state index is 5.07. The molecule has 0 amide bonds. The van der Waals surface area contributed by atoms with Gasteiger partial charge in [0.25, 0.3) is 0 Å². The van der Waals surface area contributed by atoms with Gasteiger partial charge >= 0.3 is 0 Å². The van der Waals surface area contributed by atoms with E-state index in [2.05, 4.69) is 22.4 Å². The molecule has 0 aliphatic heterocycles. The van der Waals surface area contributed by atoms with Crippen LogP contribution in [0.15, 0.2) is 17.8 Å². The second kappa shape index (κ2) is 4.75. The molecule has 0 unspecified atom stereocenters. The van der Waals surface area contributed by atoms with Gasteiger partial charge in [-0.15, -0.1) is 6.58 Å². The van der Waals surface area contributed by atoms with Crippen LogP contribution in [-0.2, 0) is 0 Å². The van der Waals surface area contributed by atoms with Crippen LogP contribution in [0, 0.1) is 11.8 Å². The SMILES string of the molecule is C=CCNC(=S)NN=C(C1CC1)C1CC1. The molecule has 0 radical (unpaired) electrons. The van der Waals surface area contributed by atoms with Gasteiger partial charge in [-0.25, -0.2) is 0 Å². The first kappa shape index (κ1) is 10.6. The summed E-state index contributed by atoms with van der Waals surface area (Å²) in [6, 6.07) is 0. The number of nitrogens with one attached hydrogen (secondary N) is 2. The molecule has 82 valence electrons. The van der Waals surface area contributed by atoms with Crippen molar-refractivity contribution >= 4 is 23.0 Å². The predicted molar refractivity (Wildman–Crippen MR) is 66.8 cm³/mol. The quantitative estimate of drug-likeness (QED) is 0.323. The number of rotatable bonds is 5. The summed E-state index contributed by atoms with van der Waals surface area (Å²) in [5.74, 6) is 1.49. The highest BCUT2D eigenvalue weighted by Gasteiger charge is 2.38. The zero-order valence-electron chi connectivity index (χ0n) is 8.83. The first-order chi connectivity index (χ1) is 7.31. The van der Waals surface area contributed by atoms with Gasteiger partial charge in [0.1, 0.15) is 0 Å². The Balaban J connectivity index is 1.79. The fraction of sp³-hybridized carbons (Fsp3) is 0.636. The van der Waals surface area contributed by atoms with Gasteiger partial charge < -0.3 is 5.32 Å². The average Bonchev–Trinajstić information content (AvgIpc) is 3.05. The Morgan fingerprint density at radius 1 is 1.33 bits per heavy atom. The minimum absolute atomic E-state index is 0.591. The van der Waals surface area contributed by atoms with Gasteiger partial charge in [0, 0.05) is 12.3 Å². The van der Waals surface area contributed by atoms with E-state index in [1.54, 1.807) is 6.08 Å². The largest absolute Gasteiger partial charge is 0.358 e. The van der Waals surface area contributed by atoms with Crippen molar-refractivity contribution in [2.45, 2.75) is 25.7 Å². The number of hydrogen-bond donors (Lipinski definition) is 2. The van der Waals surface area contributed by atoms with Crippen LogP contribution in [-0.4, -0.2) is 17.4 Å². The maximum Gasteiger partial charge on any atom is 0.187 e. The van der Waals surface area contributed by atoms with Gasteiger partial charge in [0.05, 0.1) is 0 Å². The minimum Gasteiger partial charge on any atom is -0.358 e. The number of thiocarbonyl (C=S) groups is 1. The van der Waals surface area contributed by atoms with Crippen LogP contribution < -0.4 is 10.7 Å². The Hall–Kier alpha value is -0.900. The van der Waals surface area contributed by atoms with Crippen molar-refractivity contribution in [3.63, 3.8) is 0 Å². The van der Waals surface area contributed by atoms with Crippen molar-refractivity contribution in [3.8, 4) is 0 Å². The molecular weight excluding hydrogens is 206 g/mol. The van der Waals surface area contributed by atoms with E-state index in [-0.39, 0.29) is 0 Å². The lowest BCUT2D eigenvalue weighted by atomic mass is 10.2. The second-order valence-corrected chi connectivity index (χ2v) is 4.60. The lowest BCUT2D eigenvalue weighted by molar-refractivity contribution is 0.901. The molecule has 2 aliphatic carbocycles. The molecule has 2 aliphatic rings. The van der Waals surface area contributed by atoms with Crippen molar-refractivity contribution in [2.75, 3.05) is 6.54 Å². The van der Waals surface area contributed by atoms with Crippen molar-refractivity contribution in [2.24, 2.45) is 16.9 Å². The molecule has 2 fully saturated rings. The summed E-state index contributed by atoms with van der Waals surface area (Å²) in [5.41, 5.74) is 4.27. The zero-order chi connectivity index (χ0) is 10.7. The van der Waals surface area contributed by atoms with E-state index in [1.165, 1.54) is 31.4 Å². The van der Waals surface area contributed by atoms with Crippen molar-refractivity contribution in [1.29, 1.82) is 0 Å². The first-order valence-electron chi connectivity index (χ1n) is 5.53. The third kappa shape index (κ3) is 3.30. The zero-order valence-corrected chi connectivity index (χ0v) is 9.65. The Kier molecular flexibility index (Phi) is 3.36. The van der Waals surface area contributed by atoms with Crippen molar-refractivity contribution in [1.82, 2.24) is 10.7 Å². The highest BCUT2D eigenvalue weighted by molar-refractivity contribution is 7.80. The maximum atomic E-state index is 5.07. The fourth-order valence-corrected chi connectivity index (χ4v) is 1.72. The highest BCUT2D eigenvalue weighted by Crippen LogP contribution is 2.41. The summed E-state index contributed by atoms with van der Waals surface area (Å²) >= 11 is 5.07. The molecule has 0 spiro atoms. The van der Waals surface area contributed by atoms with Crippen LogP contribution in [0.2, 0.25) is 0 Å². The van der Waals surface area contributed by atoms with Crippen LogP contribution in [0.25, 0.3) is 0 Å². The van der Waals surface area contributed by atoms with E-state index in [0.717, 1.165) is 11.8 Å². The van der Waals surface area contributed by atoms with E-state index < -0.39 is 0 Å². The summed E-state index contributed by atoms with van der Waals surface area (Å²) in [6.45, 7) is 4.30. The molecule has 0 aromatic carbocycles. The van der Waals surface area contributed by atoms with Crippen LogP contribution in [0.3, 0.4) is 0 Å². The average molecular weight is 223 g/mol. The normalized spacial score (nSPS) is 19.2. The van der Waals surface area contributed by atoms with Crippen LogP contribution in [0.4, 0.5) is 0 Å².